The summed E-state index contributed by atoms with van der Waals surface area (Å²) in [6.07, 6.45) is 3.30. The van der Waals surface area contributed by atoms with Crippen LogP contribution in [0.2, 0.25) is 0 Å². The fourth-order valence-electron chi connectivity index (χ4n) is 3.49. The minimum absolute atomic E-state index is 0.0505. The molecule has 0 bridgehead atoms. The van der Waals surface area contributed by atoms with Gasteiger partial charge in [-0.05, 0) is 55.2 Å². The monoisotopic (exact) mass is 441 g/mol. The summed E-state index contributed by atoms with van der Waals surface area (Å²) in [5.41, 5.74) is 1.65. The largest absolute Gasteiger partial charge is 0.350 e. The van der Waals surface area contributed by atoms with Gasteiger partial charge in [-0.2, -0.15) is 4.31 Å². The highest BCUT2D eigenvalue weighted by Gasteiger charge is 2.29. The van der Waals surface area contributed by atoms with E-state index in [1.54, 1.807) is 12.1 Å². The van der Waals surface area contributed by atoms with Crippen LogP contribution in [0.4, 0.5) is 5.69 Å². The molecule has 2 N–H and O–H groups in total. The lowest BCUT2D eigenvalue weighted by Gasteiger charge is -2.31. The van der Waals surface area contributed by atoms with Gasteiger partial charge in [-0.25, -0.2) is 8.42 Å². The van der Waals surface area contributed by atoms with Gasteiger partial charge in [-0.3, -0.25) is 9.59 Å². The van der Waals surface area contributed by atoms with Crippen LogP contribution in [0.3, 0.4) is 0 Å². The fourth-order valence-corrected chi connectivity index (χ4v) is 4.96. The first kappa shape index (κ1) is 22.7. The van der Waals surface area contributed by atoms with Crippen molar-refractivity contribution in [3.63, 3.8) is 0 Å². The predicted molar refractivity (Wildman–Crippen MR) is 120 cm³/mol. The van der Waals surface area contributed by atoms with E-state index in [0.717, 1.165) is 5.56 Å². The van der Waals surface area contributed by atoms with Crippen LogP contribution in [-0.4, -0.2) is 43.7 Å². The molecule has 0 unspecified atom stereocenters. The molecule has 1 fully saturated rings. The molecule has 164 valence electrons. The molecule has 0 radical (unpaired) electrons. The van der Waals surface area contributed by atoms with Crippen molar-refractivity contribution in [1.82, 2.24) is 9.62 Å². The number of nitrogens with zero attached hydrogens (tertiary/aromatic N) is 1. The molecule has 1 heterocycles. The summed E-state index contributed by atoms with van der Waals surface area (Å²) in [4.78, 5) is 23.8. The van der Waals surface area contributed by atoms with Crippen LogP contribution in [-0.2, 0) is 26.0 Å². The first-order valence-corrected chi connectivity index (χ1v) is 11.7. The van der Waals surface area contributed by atoms with E-state index in [-0.39, 0.29) is 22.8 Å². The molecule has 0 saturated carbocycles. The lowest BCUT2D eigenvalue weighted by molar-refractivity contribution is -0.117. The van der Waals surface area contributed by atoms with Crippen LogP contribution in [0, 0.1) is 0 Å². The van der Waals surface area contributed by atoms with Gasteiger partial charge in [-0.15, -0.1) is 0 Å². The molecule has 2 aromatic rings. The molecule has 1 aliphatic heterocycles. The number of hydrogen-bond acceptors (Lipinski definition) is 4. The minimum Gasteiger partial charge on any atom is -0.350 e. The van der Waals surface area contributed by atoms with E-state index in [9.17, 15) is 18.0 Å². The van der Waals surface area contributed by atoms with Crippen molar-refractivity contribution >= 4 is 27.5 Å². The lowest BCUT2D eigenvalue weighted by Crippen LogP contribution is -2.46. The SMILES string of the molecule is C=CC(=O)NC1CCN(S(=O)(=O)c2ccc(NC(=O)CCc3ccccc3)cc2)CC1. The Bertz CT molecular complexity index is 1010. The van der Waals surface area contributed by atoms with Crippen LogP contribution in [0.1, 0.15) is 24.8 Å². The Labute approximate surface area is 183 Å². The maximum absolute atomic E-state index is 12.9. The Morgan fingerprint density at radius 3 is 2.29 bits per heavy atom. The van der Waals surface area contributed by atoms with Gasteiger partial charge in [0.15, 0.2) is 0 Å². The van der Waals surface area contributed by atoms with E-state index in [1.165, 1.54) is 22.5 Å². The zero-order valence-electron chi connectivity index (χ0n) is 17.3. The Morgan fingerprint density at radius 2 is 1.68 bits per heavy atom. The van der Waals surface area contributed by atoms with E-state index >= 15 is 0 Å². The molecule has 0 spiro atoms. The zero-order valence-corrected chi connectivity index (χ0v) is 18.1. The molecule has 1 saturated heterocycles. The second-order valence-corrected chi connectivity index (χ2v) is 9.39. The van der Waals surface area contributed by atoms with Crippen molar-refractivity contribution in [2.75, 3.05) is 18.4 Å². The number of sulfonamides is 1. The third-order valence-corrected chi connectivity index (χ3v) is 7.16. The fraction of sp³-hybridized carbons (Fsp3) is 0.304. The number of aryl methyl sites for hydroxylation is 1. The number of piperidine rings is 1. The highest BCUT2D eigenvalue weighted by molar-refractivity contribution is 7.89. The highest BCUT2D eigenvalue weighted by atomic mass is 32.2. The first-order chi connectivity index (χ1) is 14.9. The van der Waals surface area contributed by atoms with Gasteiger partial charge in [0, 0.05) is 31.2 Å². The summed E-state index contributed by atoms with van der Waals surface area (Å²) >= 11 is 0. The second kappa shape index (κ2) is 10.4. The smallest absolute Gasteiger partial charge is 0.243 e. The molecule has 2 amide bonds. The third-order valence-electron chi connectivity index (χ3n) is 5.25. The summed E-state index contributed by atoms with van der Waals surface area (Å²) in [5, 5.41) is 5.61. The van der Waals surface area contributed by atoms with Gasteiger partial charge in [0.05, 0.1) is 4.90 Å². The maximum atomic E-state index is 12.9. The molecule has 3 rings (SSSR count). The molecule has 8 heteroatoms. The van der Waals surface area contributed by atoms with Crippen molar-refractivity contribution in [2.45, 2.75) is 36.6 Å². The normalized spacial score (nSPS) is 15.2. The Kier molecular flexibility index (Phi) is 7.59. The van der Waals surface area contributed by atoms with Crippen LogP contribution < -0.4 is 10.6 Å². The van der Waals surface area contributed by atoms with Gasteiger partial charge in [0.2, 0.25) is 21.8 Å². The van der Waals surface area contributed by atoms with Gasteiger partial charge in [0.1, 0.15) is 0 Å². The van der Waals surface area contributed by atoms with Gasteiger partial charge in [0.25, 0.3) is 0 Å². The van der Waals surface area contributed by atoms with Crippen molar-refractivity contribution in [2.24, 2.45) is 0 Å². The number of carbonyl (C=O) groups excluding carboxylic acids is 2. The number of amides is 2. The summed E-state index contributed by atoms with van der Waals surface area (Å²) < 4.78 is 27.2. The number of anilines is 1. The van der Waals surface area contributed by atoms with Gasteiger partial charge in [-0.1, -0.05) is 36.9 Å². The quantitative estimate of drug-likeness (QED) is 0.616. The van der Waals surface area contributed by atoms with Crippen molar-refractivity contribution in [3.8, 4) is 0 Å². The molecule has 31 heavy (non-hydrogen) atoms. The lowest BCUT2D eigenvalue weighted by atomic mass is 10.1. The Morgan fingerprint density at radius 1 is 1.03 bits per heavy atom. The van der Waals surface area contributed by atoms with Gasteiger partial charge >= 0.3 is 0 Å². The Balaban J connectivity index is 1.53. The van der Waals surface area contributed by atoms with E-state index in [4.69, 9.17) is 0 Å². The zero-order chi connectivity index (χ0) is 22.3. The van der Waals surface area contributed by atoms with E-state index in [1.807, 2.05) is 30.3 Å². The molecular formula is C23H27N3O4S. The van der Waals surface area contributed by atoms with Crippen LogP contribution >= 0.6 is 0 Å². The molecular weight excluding hydrogens is 414 g/mol. The van der Waals surface area contributed by atoms with E-state index < -0.39 is 10.0 Å². The van der Waals surface area contributed by atoms with E-state index in [2.05, 4.69) is 17.2 Å². The number of rotatable bonds is 8. The highest BCUT2D eigenvalue weighted by Crippen LogP contribution is 2.22. The number of nitrogens with one attached hydrogen (secondary N) is 2. The Hall–Kier alpha value is -2.97. The van der Waals surface area contributed by atoms with Crippen LogP contribution in [0.15, 0.2) is 72.1 Å². The second-order valence-electron chi connectivity index (χ2n) is 7.45. The van der Waals surface area contributed by atoms with E-state index in [0.29, 0.717) is 44.5 Å². The standard InChI is InChI=1S/C23H27N3O4S/c1-2-22(27)24-20-14-16-26(17-15-20)31(29,30)21-11-9-19(10-12-21)25-23(28)13-8-18-6-4-3-5-7-18/h2-7,9-12,20H,1,8,13-17H2,(H,24,27)(H,25,28). The van der Waals surface area contributed by atoms with Crippen molar-refractivity contribution in [1.29, 1.82) is 0 Å². The topological polar surface area (TPSA) is 95.6 Å². The average molecular weight is 442 g/mol. The molecule has 0 atom stereocenters. The average Bonchev–Trinajstić information content (AvgIpc) is 2.79. The maximum Gasteiger partial charge on any atom is 0.243 e. The first-order valence-electron chi connectivity index (χ1n) is 10.3. The third kappa shape index (κ3) is 6.26. The van der Waals surface area contributed by atoms with Gasteiger partial charge < -0.3 is 10.6 Å². The summed E-state index contributed by atoms with van der Waals surface area (Å²) in [6, 6.07) is 15.9. The predicted octanol–water partition coefficient (Wildman–Crippen LogP) is 2.71. The van der Waals surface area contributed by atoms with Crippen LogP contribution in [0.25, 0.3) is 0 Å². The summed E-state index contributed by atoms with van der Waals surface area (Å²) in [7, 11) is -3.62. The summed E-state index contributed by atoms with van der Waals surface area (Å²) in [5.74, 6) is -0.370. The number of benzene rings is 2. The van der Waals surface area contributed by atoms with Crippen LogP contribution in [0.5, 0.6) is 0 Å². The van der Waals surface area contributed by atoms with Crippen molar-refractivity contribution in [3.05, 3.63) is 72.8 Å². The summed E-state index contributed by atoms with van der Waals surface area (Å²) in [6.45, 7) is 4.10. The number of carbonyl (C=O) groups is 2. The number of hydrogen-bond donors (Lipinski definition) is 2. The van der Waals surface area contributed by atoms with Crippen molar-refractivity contribution < 1.29 is 18.0 Å². The molecule has 2 aromatic carbocycles. The molecule has 1 aliphatic rings. The molecule has 0 aromatic heterocycles. The molecule has 7 nitrogen and oxygen atoms in total. The molecule has 0 aliphatic carbocycles. The minimum atomic E-state index is -3.62.